The molecule has 0 saturated carbocycles. The van der Waals surface area contributed by atoms with Gasteiger partial charge >= 0.3 is 0 Å². The van der Waals surface area contributed by atoms with Crippen molar-refractivity contribution in [3.05, 3.63) is 18.2 Å². The topological polar surface area (TPSA) is 58.0 Å². The van der Waals surface area contributed by atoms with Crippen LogP contribution in [0.5, 0.6) is 5.75 Å². The van der Waals surface area contributed by atoms with Crippen LogP contribution in [-0.4, -0.2) is 28.2 Å². The van der Waals surface area contributed by atoms with Crippen molar-refractivity contribution in [1.82, 2.24) is 15.3 Å². The van der Waals surface area contributed by atoms with Crippen LogP contribution in [0.2, 0.25) is 0 Å². The number of piperidine rings is 1. The standard InChI is InChI=1S/C10H15N3O/c14-9-6-12-10(13-7-9)4-8-2-1-3-11-5-8/h6-8,11,14H,1-5H2. The lowest BCUT2D eigenvalue weighted by atomic mass is 9.96. The molecular weight excluding hydrogens is 178 g/mol. The molecule has 0 aliphatic carbocycles. The van der Waals surface area contributed by atoms with Crippen LogP contribution in [0.15, 0.2) is 12.4 Å². The Morgan fingerprint density at radius 1 is 1.43 bits per heavy atom. The van der Waals surface area contributed by atoms with Crippen molar-refractivity contribution in [3.63, 3.8) is 0 Å². The van der Waals surface area contributed by atoms with Gasteiger partial charge in [-0.15, -0.1) is 0 Å². The molecule has 4 nitrogen and oxygen atoms in total. The van der Waals surface area contributed by atoms with E-state index in [2.05, 4.69) is 15.3 Å². The molecule has 0 amide bonds. The van der Waals surface area contributed by atoms with Gasteiger partial charge in [0.05, 0.1) is 12.4 Å². The highest BCUT2D eigenvalue weighted by Gasteiger charge is 2.14. The molecule has 1 aromatic rings. The van der Waals surface area contributed by atoms with E-state index in [1.54, 1.807) is 0 Å². The van der Waals surface area contributed by atoms with Crippen molar-refractivity contribution in [2.45, 2.75) is 19.3 Å². The second kappa shape index (κ2) is 4.37. The summed E-state index contributed by atoms with van der Waals surface area (Å²) in [6.07, 6.45) is 6.31. The Morgan fingerprint density at radius 3 is 2.86 bits per heavy atom. The second-order valence-corrected chi connectivity index (χ2v) is 3.77. The minimum atomic E-state index is 0.135. The van der Waals surface area contributed by atoms with Crippen molar-refractivity contribution in [2.75, 3.05) is 13.1 Å². The first kappa shape index (κ1) is 9.40. The van der Waals surface area contributed by atoms with Crippen molar-refractivity contribution in [2.24, 2.45) is 5.92 Å². The minimum absolute atomic E-state index is 0.135. The molecule has 1 aromatic heterocycles. The van der Waals surface area contributed by atoms with Crippen LogP contribution in [0, 0.1) is 5.92 Å². The van der Waals surface area contributed by atoms with E-state index in [1.807, 2.05) is 0 Å². The molecule has 4 heteroatoms. The Bertz CT molecular complexity index is 280. The lowest BCUT2D eigenvalue weighted by Gasteiger charge is -2.21. The van der Waals surface area contributed by atoms with E-state index in [1.165, 1.54) is 25.2 Å². The van der Waals surface area contributed by atoms with Crippen molar-refractivity contribution >= 4 is 0 Å². The molecule has 76 valence electrons. The molecule has 0 aromatic carbocycles. The van der Waals surface area contributed by atoms with Gasteiger partial charge in [-0.05, 0) is 31.8 Å². The Kier molecular flexibility index (Phi) is 2.93. The highest BCUT2D eigenvalue weighted by atomic mass is 16.3. The van der Waals surface area contributed by atoms with Gasteiger partial charge < -0.3 is 10.4 Å². The largest absolute Gasteiger partial charge is 0.505 e. The molecule has 1 atom stereocenters. The maximum atomic E-state index is 9.03. The van der Waals surface area contributed by atoms with Crippen LogP contribution in [0.1, 0.15) is 18.7 Å². The quantitative estimate of drug-likeness (QED) is 0.726. The number of aromatic nitrogens is 2. The smallest absolute Gasteiger partial charge is 0.152 e. The summed E-state index contributed by atoms with van der Waals surface area (Å²) < 4.78 is 0. The van der Waals surface area contributed by atoms with Crippen LogP contribution >= 0.6 is 0 Å². The van der Waals surface area contributed by atoms with E-state index < -0.39 is 0 Å². The predicted octanol–water partition coefficient (Wildman–Crippen LogP) is 0.724. The van der Waals surface area contributed by atoms with E-state index in [0.29, 0.717) is 5.92 Å². The van der Waals surface area contributed by atoms with Crippen LogP contribution in [0.3, 0.4) is 0 Å². The van der Waals surface area contributed by atoms with Gasteiger partial charge in [-0.1, -0.05) is 0 Å². The normalized spacial score (nSPS) is 22.1. The molecule has 14 heavy (non-hydrogen) atoms. The van der Waals surface area contributed by atoms with E-state index >= 15 is 0 Å². The monoisotopic (exact) mass is 193 g/mol. The van der Waals surface area contributed by atoms with E-state index in [4.69, 9.17) is 5.11 Å². The summed E-state index contributed by atoms with van der Waals surface area (Å²) in [6.45, 7) is 2.19. The average molecular weight is 193 g/mol. The summed E-state index contributed by atoms with van der Waals surface area (Å²) in [6, 6.07) is 0. The minimum Gasteiger partial charge on any atom is -0.505 e. The molecule has 2 heterocycles. The first-order chi connectivity index (χ1) is 6.84. The van der Waals surface area contributed by atoms with Gasteiger partial charge in [0.1, 0.15) is 5.82 Å². The number of nitrogens with zero attached hydrogens (tertiary/aromatic N) is 2. The highest BCUT2D eigenvalue weighted by Crippen LogP contribution is 2.14. The lowest BCUT2D eigenvalue weighted by Crippen LogP contribution is -2.31. The fourth-order valence-corrected chi connectivity index (χ4v) is 1.81. The number of hydrogen-bond acceptors (Lipinski definition) is 4. The first-order valence-corrected chi connectivity index (χ1v) is 5.05. The van der Waals surface area contributed by atoms with Crippen molar-refractivity contribution in [3.8, 4) is 5.75 Å². The maximum absolute atomic E-state index is 9.03. The molecule has 0 radical (unpaired) electrons. The summed E-state index contributed by atoms with van der Waals surface area (Å²) in [5.74, 6) is 1.61. The van der Waals surface area contributed by atoms with Crippen LogP contribution in [0.4, 0.5) is 0 Å². The first-order valence-electron chi connectivity index (χ1n) is 5.05. The third-order valence-corrected chi connectivity index (χ3v) is 2.56. The van der Waals surface area contributed by atoms with Gasteiger partial charge in [0.15, 0.2) is 5.75 Å². The van der Waals surface area contributed by atoms with Crippen molar-refractivity contribution < 1.29 is 5.11 Å². The molecule has 2 N–H and O–H groups in total. The zero-order valence-electron chi connectivity index (χ0n) is 8.11. The molecule has 1 aliphatic rings. The number of aromatic hydroxyl groups is 1. The summed E-state index contributed by atoms with van der Waals surface area (Å²) in [7, 11) is 0. The van der Waals surface area contributed by atoms with Gasteiger partial charge in [-0.3, -0.25) is 0 Å². The molecule has 1 saturated heterocycles. The van der Waals surface area contributed by atoms with Gasteiger partial charge in [0, 0.05) is 6.42 Å². The summed E-state index contributed by atoms with van der Waals surface area (Å²) >= 11 is 0. The fourth-order valence-electron chi connectivity index (χ4n) is 1.81. The molecule has 1 fully saturated rings. The summed E-state index contributed by atoms with van der Waals surface area (Å²) in [5.41, 5.74) is 0. The van der Waals surface area contributed by atoms with Gasteiger partial charge in [0.2, 0.25) is 0 Å². The number of rotatable bonds is 2. The molecule has 0 bridgehead atoms. The Balaban J connectivity index is 1.92. The second-order valence-electron chi connectivity index (χ2n) is 3.77. The Morgan fingerprint density at radius 2 is 2.21 bits per heavy atom. The Hall–Kier alpha value is -1.16. The SMILES string of the molecule is Oc1cnc(CC2CCCNC2)nc1. The molecule has 1 aliphatic heterocycles. The van der Waals surface area contributed by atoms with Crippen LogP contribution in [-0.2, 0) is 6.42 Å². The predicted molar refractivity (Wildman–Crippen MR) is 53.0 cm³/mol. The summed E-state index contributed by atoms with van der Waals surface area (Å²) in [4.78, 5) is 8.17. The van der Waals surface area contributed by atoms with Gasteiger partial charge in [-0.25, -0.2) is 9.97 Å². The third-order valence-electron chi connectivity index (χ3n) is 2.56. The van der Waals surface area contributed by atoms with Crippen LogP contribution in [0.25, 0.3) is 0 Å². The molecule has 0 spiro atoms. The zero-order valence-corrected chi connectivity index (χ0v) is 8.11. The van der Waals surface area contributed by atoms with Crippen molar-refractivity contribution in [1.29, 1.82) is 0 Å². The Labute approximate surface area is 83.4 Å². The van der Waals surface area contributed by atoms with E-state index in [0.717, 1.165) is 25.3 Å². The van der Waals surface area contributed by atoms with Gasteiger partial charge in [0.25, 0.3) is 0 Å². The van der Waals surface area contributed by atoms with E-state index in [-0.39, 0.29) is 5.75 Å². The summed E-state index contributed by atoms with van der Waals surface area (Å²) in [5, 5.41) is 12.4. The molecule has 2 rings (SSSR count). The molecular formula is C10H15N3O. The number of hydrogen-bond donors (Lipinski definition) is 2. The van der Waals surface area contributed by atoms with Gasteiger partial charge in [-0.2, -0.15) is 0 Å². The average Bonchev–Trinajstić information content (AvgIpc) is 2.23. The third kappa shape index (κ3) is 2.42. The fraction of sp³-hybridized carbons (Fsp3) is 0.600. The highest BCUT2D eigenvalue weighted by molar-refractivity contribution is 5.09. The van der Waals surface area contributed by atoms with Crippen LogP contribution < -0.4 is 5.32 Å². The zero-order chi connectivity index (χ0) is 9.80. The number of nitrogens with one attached hydrogen (secondary N) is 1. The molecule has 1 unspecified atom stereocenters. The van der Waals surface area contributed by atoms with E-state index in [9.17, 15) is 0 Å². The maximum Gasteiger partial charge on any atom is 0.152 e. The lowest BCUT2D eigenvalue weighted by molar-refractivity contribution is 0.370.